The standard InChI is InChI=1S/C6HBr4NO2/c7-2-1-3(11(12)13)5(9)6(10)4(2)8/h1H. The van der Waals surface area contributed by atoms with E-state index in [0.29, 0.717) is 13.4 Å². The molecule has 0 aliphatic rings. The Morgan fingerprint density at radius 1 is 1.08 bits per heavy atom. The predicted octanol–water partition coefficient (Wildman–Crippen LogP) is 4.64. The Morgan fingerprint density at radius 3 is 2.08 bits per heavy atom. The summed E-state index contributed by atoms with van der Waals surface area (Å²) in [5.41, 5.74) is 0.0157. The summed E-state index contributed by atoms with van der Waals surface area (Å²) in [7, 11) is 0. The van der Waals surface area contributed by atoms with E-state index in [9.17, 15) is 10.1 Å². The molecule has 0 amide bonds. The summed E-state index contributed by atoms with van der Waals surface area (Å²) in [4.78, 5) is 10.1. The first-order valence-corrected chi connectivity index (χ1v) is 6.09. The number of rotatable bonds is 1. The van der Waals surface area contributed by atoms with Crippen molar-refractivity contribution >= 4 is 69.4 Å². The van der Waals surface area contributed by atoms with E-state index in [1.807, 2.05) is 0 Å². The minimum atomic E-state index is -0.452. The van der Waals surface area contributed by atoms with Gasteiger partial charge in [-0.2, -0.15) is 0 Å². The molecule has 0 saturated heterocycles. The molecule has 0 saturated carbocycles. The van der Waals surface area contributed by atoms with Crippen LogP contribution in [0.15, 0.2) is 24.0 Å². The zero-order valence-electron chi connectivity index (χ0n) is 5.85. The van der Waals surface area contributed by atoms with E-state index >= 15 is 0 Å². The molecule has 0 aliphatic heterocycles. The lowest BCUT2D eigenvalue weighted by molar-refractivity contribution is -0.385. The summed E-state index contributed by atoms with van der Waals surface area (Å²) in [5.74, 6) is 0. The van der Waals surface area contributed by atoms with Gasteiger partial charge in [-0.15, -0.1) is 0 Å². The summed E-state index contributed by atoms with van der Waals surface area (Å²) >= 11 is 12.8. The fraction of sp³-hybridized carbons (Fsp3) is 0. The third kappa shape index (κ3) is 2.31. The summed E-state index contributed by atoms with van der Waals surface area (Å²) in [5, 5.41) is 10.6. The predicted molar refractivity (Wildman–Crippen MR) is 63.9 cm³/mol. The van der Waals surface area contributed by atoms with Crippen LogP contribution in [0, 0.1) is 10.1 Å². The van der Waals surface area contributed by atoms with Crippen molar-refractivity contribution in [2.45, 2.75) is 0 Å². The molecule has 0 fully saturated rings. The average molecular weight is 439 g/mol. The molecule has 0 N–H and O–H groups in total. The van der Waals surface area contributed by atoms with Gasteiger partial charge in [0.25, 0.3) is 5.69 Å². The Balaban J connectivity index is 3.50. The number of hydrogen-bond donors (Lipinski definition) is 0. The zero-order valence-corrected chi connectivity index (χ0v) is 12.2. The maximum Gasteiger partial charge on any atom is 0.285 e. The highest BCUT2D eigenvalue weighted by Crippen LogP contribution is 2.42. The Morgan fingerprint density at radius 2 is 1.62 bits per heavy atom. The highest BCUT2D eigenvalue weighted by Gasteiger charge is 2.19. The number of halogens is 4. The van der Waals surface area contributed by atoms with Crippen molar-refractivity contribution in [3.8, 4) is 0 Å². The van der Waals surface area contributed by atoms with E-state index in [1.54, 1.807) is 0 Å². The van der Waals surface area contributed by atoms with Crippen LogP contribution >= 0.6 is 63.7 Å². The maximum absolute atomic E-state index is 10.6. The summed E-state index contributed by atoms with van der Waals surface area (Å²) in [6, 6.07) is 1.43. The monoisotopic (exact) mass is 435 g/mol. The van der Waals surface area contributed by atoms with E-state index < -0.39 is 4.92 Å². The van der Waals surface area contributed by atoms with Gasteiger partial charge >= 0.3 is 0 Å². The fourth-order valence-corrected chi connectivity index (χ4v) is 2.83. The van der Waals surface area contributed by atoms with Gasteiger partial charge in [-0.3, -0.25) is 10.1 Å². The van der Waals surface area contributed by atoms with E-state index in [2.05, 4.69) is 63.7 Å². The molecule has 13 heavy (non-hydrogen) atoms. The van der Waals surface area contributed by atoms with Gasteiger partial charge in [0.05, 0.1) is 9.40 Å². The fourth-order valence-electron chi connectivity index (χ4n) is 0.693. The van der Waals surface area contributed by atoms with Gasteiger partial charge in [0, 0.05) is 15.0 Å². The lowest BCUT2D eigenvalue weighted by Gasteiger charge is -2.02. The average Bonchev–Trinajstić information content (AvgIpc) is 2.07. The number of hydrogen-bond acceptors (Lipinski definition) is 2. The zero-order chi connectivity index (χ0) is 10.2. The lowest BCUT2D eigenvalue weighted by Crippen LogP contribution is -1.91. The maximum atomic E-state index is 10.6. The first kappa shape index (κ1) is 11.6. The van der Waals surface area contributed by atoms with Crippen molar-refractivity contribution in [3.63, 3.8) is 0 Å². The number of nitro benzene ring substituents is 1. The van der Waals surface area contributed by atoms with E-state index in [4.69, 9.17) is 0 Å². The molecule has 0 atom stereocenters. The van der Waals surface area contributed by atoms with Crippen molar-refractivity contribution in [2.75, 3.05) is 0 Å². The van der Waals surface area contributed by atoms with Crippen LogP contribution in [-0.4, -0.2) is 4.92 Å². The van der Waals surface area contributed by atoms with Gasteiger partial charge in [0.1, 0.15) is 4.47 Å². The van der Waals surface area contributed by atoms with Crippen LogP contribution in [0.1, 0.15) is 0 Å². The van der Waals surface area contributed by atoms with E-state index in [-0.39, 0.29) is 5.69 Å². The second-order valence-electron chi connectivity index (χ2n) is 2.08. The number of nitrogens with zero attached hydrogens (tertiary/aromatic N) is 1. The molecule has 1 aromatic carbocycles. The number of benzene rings is 1. The molecule has 7 heteroatoms. The van der Waals surface area contributed by atoms with Crippen LogP contribution in [-0.2, 0) is 0 Å². The minimum Gasteiger partial charge on any atom is -0.258 e. The minimum absolute atomic E-state index is 0.0157. The normalized spacial score (nSPS) is 10.2. The Labute approximate surface area is 108 Å². The topological polar surface area (TPSA) is 43.1 Å². The third-order valence-electron chi connectivity index (χ3n) is 1.28. The van der Waals surface area contributed by atoms with Crippen LogP contribution in [0.3, 0.4) is 0 Å². The summed E-state index contributed by atoms with van der Waals surface area (Å²) < 4.78 is 2.42. The van der Waals surface area contributed by atoms with Crippen LogP contribution < -0.4 is 0 Å². The molecular weight excluding hydrogens is 438 g/mol. The molecule has 0 unspecified atom stereocenters. The van der Waals surface area contributed by atoms with Gasteiger partial charge in [0.15, 0.2) is 0 Å². The first-order chi connectivity index (χ1) is 5.95. The van der Waals surface area contributed by atoms with E-state index in [1.165, 1.54) is 6.07 Å². The van der Waals surface area contributed by atoms with Gasteiger partial charge < -0.3 is 0 Å². The van der Waals surface area contributed by atoms with Gasteiger partial charge in [-0.1, -0.05) is 0 Å². The molecule has 0 bridgehead atoms. The quantitative estimate of drug-likeness (QED) is 0.277. The number of nitro groups is 1. The van der Waals surface area contributed by atoms with Gasteiger partial charge in [-0.05, 0) is 63.7 Å². The molecule has 0 aromatic heterocycles. The molecule has 0 heterocycles. The van der Waals surface area contributed by atoms with E-state index in [0.717, 1.165) is 4.47 Å². The summed E-state index contributed by atoms with van der Waals surface area (Å²) in [6.45, 7) is 0. The Kier molecular flexibility index (Phi) is 3.91. The van der Waals surface area contributed by atoms with Crippen LogP contribution in [0.2, 0.25) is 0 Å². The molecule has 1 aromatic rings. The highest BCUT2D eigenvalue weighted by molar-refractivity contribution is 9.15. The van der Waals surface area contributed by atoms with Gasteiger partial charge in [0.2, 0.25) is 0 Å². The van der Waals surface area contributed by atoms with Crippen LogP contribution in [0.4, 0.5) is 5.69 Å². The van der Waals surface area contributed by atoms with Crippen molar-refractivity contribution in [1.82, 2.24) is 0 Å². The molecular formula is C6HBr4NO2. The van der Waals surface area contributed by atoms with Crippen LogP contribution in [0.25, 0.3) is 0 Å². The van der Waals surface area contributed by atoms with Crippen molar-refractivity contribution in [3.05, 3.63) is 34.1 Å². The molecule has 3 nitrogen and oxygen atoms in total. The SMILES string of the molecule is O=[N+]([O-])c1cc(Br)c(Br)c(Br)c1Br. The van der Waals surface area contributed by atoms with Gasteiger partial charge in [-0.25, -0.2) is 0 Å². The Hall–Kier alpha value is 0.540. The van der Waals surface area contributed by atoms with Crippen LogP contribution in [0.5, 0.6) is 0 Å². The molecule has 0 radical (unpaired) electrons. The molecule has 0 spiro atoms. The lowest BCUT2D eigenvalue weighted by atomic mass is 10.3. The third-order valence-corrected chi connectivity index (χ3v) is 5.92. The highest BCUT2D eigenvalue weighted by atomic mass is 79.9. The molecule has 70 valence electrons. The second kappa shape index (κ2) is 4.37. The van der Waals surface area contributed by atoms with Crippen molar-refractivity contribution < 1.29 is 4.92 Å². The molecule has 1 rings (SSSR count). The summed E-state index contributed by atoms with van der Waals surface area (Å²) in [6.07, 6.45) is 0. The second-order valence-corrected chi connectivity index (χ2v) is 5.31. The molecule has 0 aliphatic carbocycles. The van der Waals surface area contributed by atoms with Crippen molar-refractivity contribution in [2.24, 2.45) is 0 Å². The van der Waals surface area contributed by atoms with Crippen molar-refractivity contribution in [1.29, 1.82) is 0 Å². The smallest absolute Gasteiger partial charge is 0.258 e. The largest absolute Gasteiger partial charge is 0.285 e. The Bertz CT molecular complexity index is 379. The first-order valence-electron chi connectivity index (χ1n) is 2.92.